The van der Waals surface area contributed by atoms with Crippen molar-refractivity contribution in [3.63, 3.8) is 0 Å². The molecule has 6 nitrogen and oxygen atoms in total. The van der Waals surface area contributed by atoms with Gasteiger partial charge in [0.1, 0.15) is 0 Å². The maximum absolute atomic E-state index is 2.56. The van der Waals surface area contributed by atoms with E-state index >= 15 is 0 Å². The van der Waals surface area contributed by atoms with Crippen LogP contribution < -0.4 is 9.80 Å². The smallest absolute Gasteiger partial charge is 0.0622 e. The summed E-state index contributed by atoms with van der Waals surface area (Å²) in [5.74, 6) is 0. The van der Waals surface area contributed by atoms with Crippen LogP contribution in [0.4, 0.5) is 34.1 Å². The Morgan fingerprint density at radius 2 is 0.464 bits per heavy atom. The summed E-state index contributed by atoms with van der Waals surface area (Å²) in [6.07, 6.45) is 0. The van der Waals surface area contributed by atoms with Gasteiger partial charge in [-0.1, -0.05) is 158 Å². The molecular formula is C78H44N6. The highest BCUT2D eigenvalue weighted by Gasteiger charge is 2.29. The maximum atomic E-state index is 2.56. The molecule has 8 heterocycles. The van der Waals surface area contributed by atoms with Crippen LogP contribution in [0.2, 0.25) is 0 Å². The van der Waals surface area contributed by atoms with Gasteiger partial charge in [0.2, 0.25) is 0 Å². The Labute approximate surface area is 478 Å². The second-order valence-electron chi connectivity index (χ2n) is 23.2. The number of fused-ring (bicyclic) bond motifs is 24. The molecule has 21 aromatic rings. The van der Waals surface area contributed by atoms with Gasteiger partial charge in [0, 0.05) is 109 Å². The van der Waals surface area contributed by atoms with Gasteiger partial charge >= 0.3 is 0 Å². The highest BCUT2D eigenvalue weighted by molar-refractivity contribution is 6.32. The Hall–Kier alpha value is -11.3. The molecule has 0 aliphatic heterocycles. The Kier molecular flexibility index (Phi) is 7.94. The standard InChI is InChI=1S/C78H44N6/c1-3-19-45(20-4-1)79(47-39-59-49-23-7-11-31-63(49)81-64-32-12-8-24-50(64)60(40-47)77(59)81)67-35-17-37-69-73(67)55-29-15-27-53-57-44-72-58(43-71(57)83(69)75(53)55)54-28-16-30-56-74-68(36-18-38-70(74)84(72)76(54)56)80(46-21-5-2-6-22-46)48-41-61-51-25-9-13-33-65(51)82-66-34-14-10-26-52(66)62(42-48)78(61)82/h1-44H. The Morgan fingerprint density at radius 3 is 0.845 bits per heavy atom. The van der Waals surface area contributed by atoms with Gasteiger partial charge in [-0.2, -0.15) is 0 Å². The molecule has 0 radical (unpaired) electrons. The zero-order valence-corrected chi connectivity index (χ0v) is 45.1. The lowest BCUT2D eigenvalue weighted by molar-refractivity contribution is 1.30. The fourth-order valence-corrected chi connectivity index (χ4v) is 16.0. The van der Waals surface area contributed by atoms with Crippen LogP contribution in [0.25, 0.3) is 152 Å². The van der Waals surface area contributed by atoms with Gasteiger partial charge in [-0.05, 0) is 109 Å². The van der Waals surface area contributed by atoms with Gasteiger partial charge < -0.3 is 27.4 Å². The molecule has 6 heteroatoms. The van der Waals surface area contributed by atoms with Crippen molar-refractivity contribution >= 4 is 187 Å². The molecule has 0 spiro atoms. The fourth-order valence-electron chi connectivity index (χ4n) is 16.0. The van der Waals surface area contributed by atoms with E-state index < -0.39 is 0 Å². The van der Waals surface area contributed by atoms with Crippen LogP contribution in [-0.2, 0) is 0 Å². The first kappa shape index (κ1) is 43.5. The lowest BCUT2D eigenvalue weighted by Crippen LogP contribution is -2.10. The summed E-state index contributed by atoms with van der Waals surface area (Å²) in [5, 5.41) is 20.1. The Balaban J connectivity index is 0.803. The molecule has 8 aromatic heterocycles. The number of para-hydroxylation sites is 8. The number of aromatic nitrogens is 4. The van der Waals surface area contributed by atoms with Crippen molar-refractivity contribution in [3.05, 3.63) is 267 Å². The lowest BCUT2D eigenvalue weighted by atomic mass is 10.0. The summed E-state index contributed by atoms with van der Waals surface area (Å²) in [4.78, 5) is 5.01. The number of anilines is 6. The number of hydrogen-bond donors (Lipinski definition) is 0. The maximum Gasteiger partial charge on any atom is 0.0622 e. The molecule has 84 heavy (non-hydrogen) atoms. The molecule has 386 valence electrons. The first-order valence-corrected chi connectivity index (χ1v) is 29.1. The highest BCUT2D eigenvalue weighted by Crippen LogP contribution is 2.53. The molecule has 0 aliphatic rings. The zero-order valence-electron chi connectivity index (χ0n) is 45.1. The summed E-state index contributed by atoms with van der Waals surface area (Å²) in [7, 11) is 0. The van der Waals surface area contributed by atoms with Crippen LogP contribution in [-0.4, -0.2) is 17.6 Å². The average Bonchev–Trinajstić information content (AvgIpc) is 1.98. The van der Waals surface area contributed by atoms with Crippen LogP contribution in [0.3, 0.4) is 0 Å². The van der Waals surface area contributed by atoms with Gasteiger partial charge in [-0.15, -0.1) is 0 Å². The molecule has 0 saturated carbocycles. The van der Waals surface area contributed by atoms with Crippen molar-refractivity contribution < 1.29 is 0 Å². The second kappa shape index (κ2) is 15.4. The van der Waals surface area contributed by atoms with Crippen molar-refractivity contribution in [2.24, 2.45) is 0 Å². The van der Waals surface area contributed by atoms with E-state index in [-0.39, 0.29) is 0 Å². The summed E-state index contributed by atoms with van der Waals surface area (Å²) in [5.41, 5.74) is 21.6. The van der Waals surface area contributed by atoms with Gasteiger partial charge in [0.15, 0.2) is 0 Å². The second-order valence-corrected chi connectivity index (χ2v) is 23.2. The van der Waals surface area contributed by atoms with Crippen molar-refractivity contribution in [3.8, 4) is 0 Å². The first-order valence-electron chi connectivity index (χ1n) is 29.1. The normalized spacial score (nSPS) is 12.8. The van der Waals surface area contributed by atoms with Crippen LogP contribution in [0, 0.1) is 0 Å². The molecule has 13 aromatic carbocycles. The summed E-state index contributed by atoms with van der Waals surface area (Å²) >= 11 is 0. The van der Waals surface area contributed by atoms with Gasteiger partial charge in [-0.3, -0.25) is 0 Å². The van der Waals surface area contributed by atoms with Crippen LogP contribution in [0.1, 0.15) is 0 Å². The number of benzene rings is 13. The van der Waals surface area contributed by atoms with Crippen LogP contribution >= 0.6 is 0 Å². The van der Waals surface area contributed by atoms with E-state index in [4.69, 9.17) is 0 Å². The Morgan fingerprint density at radius 1 is 0.179 bits per heavy atom. The number of hydrogen-bond acceptors (Lipinski definition) is 2. The van der Waals surface area contributed by atoms with E-state index in [0.29, 0.717) is 0 Å². The molecule has 0 saturated heterocycles. The van der Waals surface area contributed by atoms with Crippen LogP contribution in [0.15, 0.2) is 267 Å². The molecule has 0 atom stereocenters. The molecule has 0 N–H and O–H groups in total. The predicted octanol–water partition coefficient (Wildman–Crippen LogP) is 21.2. The van der Waals surface area contributed by atoms with E-state index in [1.165, 1.54) is 152 Å². The van der Waals surface area contributed by atoms with Crippen molar-refractivity contribution in [2.45, 2.75) is 0 Å². The van der Waals surface area contributed by atoms with Crippen LogP contribution in [0.5, 0.6) is 0 Å². The van der Waals surface area contributed by atoms with E-state index in [9.17, 15) is 0 Å². The third-order valence-electron chi connectivity index (χ3n) is 19.2. The largest absolute Gasteiger partial charge is 0.310 e. The number of rotatable bonds is 6. The summed E-state index contributed by atoms with van der Waals surface area (Å²) in [6, 6.07) is 99.9. The van der Waals surface area contributed by atoms with E-state index in [1.807, 2.05) is 0 Å². The van der Waals surface area contributed by atoms with Gasteiger partial charge in [-0.25, -0.2) is 0 Å². The molecule has 0 aliphatic carbocycles. The van der Waals surface area contributed by atoms with Crippen molar-refractivity contribution in [1.29, 1.82) is 0 Å². The summed E-state index contributed by atoms with van der Waals surface area (Å²) in [6.45, 7) is 0. The zero-order chi connectivity index (χ0) is 54.2. The third-order valence-corrected chi connectivity index (χ3v) is 19.2. The Bertz CT molecular complexity index is 5800. The minimum Gasteiger partial charge on any atom is -0.310 e. The first-order chi connectivity index (χ1) is 41.7. The predicted molar refractivity (Wildman–Crippen MR) is 354 cm³/mol. The van der Waals surface area contributed by atoms with Gasteiger partial charge in [0.05, 0.1) is 77.6 Å². The highest BCUT2D eigenvalue weighted by atomic mass is 15.2. The molecule has 0 fully saturated rings. The number of nitrogens with zero attached hydrogens (tertiary/aromatic N) is 6. The topological polar surface area (TPSA) is 24.1 Å². The quantitative estimate of drug-likeness (QED) is 0.166. The minimum absolute atomic E-state index is 1.12. The van der Waals surface area contributed by atoms with Gasteiger partial charge in [0.25, 0.3) is 0 Å². The fraction of sp³-hybridized carbons (Fsp3) is 0. The molecule has 21 rings (SSSR count). The monoisotopic (exact) mass is 1060 g/mol. The van der Waals surface area contributed by atoms with Crippen molar-refractivity contribution in [2.75, 3.05) is 9.80 Å². The molecule has 0 amide bonds. The minimum atomic E-state index is 1.12. The van der Waals surface area contributed by atoms with E-state index in [0.717, 1.165) is 34.1 Å². The van der Waals surface area contributed by atoms with Crippen molar-refractivity contribution in [1.82, 2.24) is 17.6 Å². The van der Waals surface area contributed by atoms with E-state index in [2.05, 4.69) is 294 Å². The average molecular weight is 1070 g/mol. The molecular weight excluding hydrogens is 1020 g/mol. The molecule has 0 bridgehead atoms. The summed E-state index contributed by atoms with van der Waals surface area (Å²) < 4.78 is 10.1. The molecule has 0 unspecified atom stereocenters. The SMILES string of the molecule is c1ccc(N(c2cc3c4ccccc4n4c5ccccc5c(c2)c34)c2cccc3c2c2cccc4c5cc6c(cc5n3c42)c2cccc3c4c(N(c5ccccc5)c5cc7c8ccccc8n8c9ccccc9c(c5)c78)cccc4n6c23)cc1. The third kappa shape index (κ3) is 5.21. The van der Waals surface area contributed by atoms with E-state index in [1.54, 1.807) is 0 Å². The lowest BCUT2D eigenvalue weighted by Gasteiger charge is -2.27.